The lowest BCUT2D eigenvalue weighted by molar-refractivity contribution is -0.158. The molecule has 3 aromatic carbocycles. The minimum atomic E-state index is -1.43. The van der Waals surface area contributed by atoms with Crippen LogP contribution in [0.2, 0.25) is 0 Å². The van der Waals surface area contributed by atoms with E-state index < -0.39 is 17.5 Å². The first-order chi connectivity index (χ1) is 15.0. The van der Waals surface area contributed by atoms with Crippen molar-refractivity contribution in [3.05, 3.63) is 78.4 Å². The van der Waals surface area contributed by atoms with Gasteiger partial charge in [-0.15, -0.1) is 0 Å². The van der Waals surface area contributed by atoms with Gasteiger partial charge in [-0.2, -0.15) is 0 Å². The van der Waals surface area contributed by atoms with Crippen molar-refractivity contribution in [3.8, 4) is 5.75 Å². The molecule has 0 aliphatic carbocycles. The molecule has 4 rings (SSSR count). The summed E-state index contributed by atoms with van der Waals surface area (Å²) in [6, 6.07) is 22.3. The largest absolute Gasteiger partial charge is 0.493 e. The number of carbonyl (C=O) groups excluding carboxylic acids is 1. The SMILES string of the molecule is O=C(O)C(COc1ccccc1)C1(O)CCN(C(=O)c2cccc3ccccc23)CC1. The molecule has 6 heteroatoms. The second-order valence-electron chi connectivity index (χ2n) is 7.94. The first kappa shape index (κ1) is 20.9. The van der Waals surface area contributed by atoms with E-state index in [1.807, 2.05) is 42.5 Å². The number of carboxylic acids is 1. The summed E-state index contributed by atoms with van der Waals surface area (Å²) in [5, 5.41) is 22.7. The predicted molar refractivity (Wildman–Crippen MR) is 117 cm³/mol. The fraction of sp³-hybridized carbons (Fsp3) is 0.280. The maximum Gasteiger partial charge on any atom is 0.312 e. The van der Waals surface area contributed by atoms with Gasteiger partial charge in [0.05, 0.1) is 5.60 Å². The number of amides is 1. The van der Waals surface area contributed by atoms with E-state index in [2.05, 4.69) is 0 Å². The Morgan fingerprint density at radius 3 is 2.29 bits per heavy atom. The maximum atomic E-state index is 13.1. The van der Waals surface area contributed by atoms with E-state index in [0.29, 0.717) is 11.3 Å². The van der Waals surface area contributed by atoms with E-state index in [0.717, 1.165) is 10.8 Å². The molecule has 0 radical (unpaired) electrons. The van der Waals surface area contributed by atoms with Crippen LogP contribution in [0.15, 0.2) is 72.8 Å². The monoisotopic (exact) mass is 419 g/mol. The highest BCUT2D eigenvalue weighted by Crippen LogP contribution is 2.32. The first-order valence-corrected chi connectivity index (χ1v) is 10.4. The van der Waals surface area contributed by atoms with Gasteiger partial charge < -0.3 is 19.8 Å². The molecule has 1 saturated heterocycles. The first-order valence-electron chi connectivity index (χ1n) is 10.4. The minimum absolute atomic E-state index is 0.105. The van der Waals surface area contributed by atoms with Crippen molar-refractivity contribution in [2.45, 2.75) is 18.4 Å². The van der Waals surface area contributed by atoms with Crippen LogP contribution < -0.4 is 4.74 Å². The van der Waals surface area contributed by atoms with Crippen LogP contribution in [-0.4, -0.2) is 52.3 Å². The van der Waals surface area contributed by atoms with Gasteiger partial charge in [0.1, 0.15) is 18.3 Å². The lowest BCUT2D eigenvalue weighted by Crippen LogP contribution is -2.54. The third-order valence-electron chi connectivity index (χ3n) is 6.04. The quantitative estimate of drug-likeness (QED) is 0.638. The van der Waals surface area contributed by atoms with Gasteiger partial charge in [0, 0.05) is 18.7 Å². The van der Waals surface area contributed by atoms with Crippen LogP contribution in [0.4, 0.5) is 0 Å². The van der Waals surface area contributed by atoms with Crippen LogP contribution in [0.3, 0.4) is 0 Å². The molecule has 1 atom stereocenters. The molecule has 0 bridgehead atoms. The van der Waals surface area contributed by atoms with Crippen LogP contribution >= 0.6 is 0 Å². The molecular weight excluding hydrogens is 394 g/mol. The van der Waals surface area contributed by atoms with E-state index in [4.69, 9.17) is 4.74 Å². The van der Waals surface area contributed by atoms with Crippen LogP contribution in [0, 0.1) is 5.92 Å². The van der Waals surface area contributed by atoms with Crippen molar-refractivity contribution in [1.82, 2.24) is 4.90 Å². The number of carbonyl (C=O) groups is 2. The van der Waals surface area contributed by atoms with Gasteiger partial charge in [0.2, 0.25) is 0 Å². The fourth-order valence-electron chi connectivity index (χ4n) is 4.18. The zero-order chi connectivity index (χ0) is 21.8. The molecule has 2 N–H and O–H groups in total. The Morgan fingerprint density at radius 2 is 1.58 bits per heavy atom. The highest BCUT2D eigenvalue weighted by atomic mass is 16.5. The number of hydrogen-bond donors (Lipinski definition) is 2. The van der Waals surface area contributed by atoms with Gasteiger partial charge in [0.15, 0.2) is 0 Å². The second kappa shape index (κ2) is 8.78. The van der Waals surface area contributed by atoms with Gasteiger partial charge in [0.25, 0.3) is 5.91 Å². The number of piperidine rings is 1. The number of ether oxygens (including phenoxy) is 1. The number of carboxylic acid groups (broad SMARTS) is 1. The van der Waals surface area contributed by atoms with Crippen molar-refractivity contribution in [2.24, 2.45) is 5.92 Å². The average molecular weight is 419 g/mol. The zero-order valence-corrected chi connectivity index (χ0v) is 17.1. The number of aliphatic hydroxyl groups is 1. The van der Waals surface area contributed by atoms with Gasteiger partial charge in [-0.25, -0.2) is 0 Å². The Balaban J connectivity index is 1.45. The molecule has 0 aromatic heterocycles. The summed E-state index contributed by atoms with van der Waals surface area (Å²) in [7, 11) is 0. The predicted octanol–water partition coefficient (Wildman–Crippen LogP) is 3.59. The number of fused-ring (bicyclic) bond motifs is 1. The van der Waals surface area contributed by atoms with Crippen molar-refractivity contribution in [1.29, 1.82) is 0 Å². The third-order valence-corrected chi connectivity index (χ3v) is 6.04. The molecular formula is C25H25NO5. The van der Waals surface area contributed by atoms with Crippen LogP contribution in [0.5, 0.6) is 5.75 Å². The number of para-hydroxylation sites is 1. The Kier molecular flexibility index (Phi) is 5.91. The van der Waals surface area contributed by atoms with Crippen LogP contribution in [0.1, 0.15) is 23.2 Å². The highest BCUT2D eigenvalue weighted by molar-refractivity contribution is 6.07. The number of nitrogens with zero attached hydrogens (tertiary/aromatic N) is 1. The van der Waals surface area contributed by atoms with Gasteiger partial charge in [-0.1, -0.05) is 54.6 Å². The van der Waals surface area contributed by atoms with Crippen molar-refractivity contribution in [3.63, 3.8) is 0 Å². The molecule has 1 amide bonds. The fourth-order valence-corrected chi connectivity index (χ4v) is 4.18. The summed E-state index contributed by atoms with van der Waals surface area (Å²) >= 11 is 0. The van der Waals surface area contributed by atoms with Gasteiger partial charge in [-0.3, -0.25) is 9.59 Å². The topological polar surface area (TPSA) is 87.1 Å². The Bertz CT molecular complexity index is 1070. The maximum absolute atomic E-state index is 13.1. The molecule has 1 aliphatic heterocycles. The lowest BCUT2D eigenvalue weighted by atomic mass is 9.79. The molecule has 31 heavy (non-hydrogen) atoms. The van der Waals surface area contributed by atoms with E-state index in [-0.39, 0.29) is 38.4 Å². The van der Waals surface area contributed by atoms with E-state index in [1.54, 1.807) is 35.2 Å². The van der Waals surface area contributed by atoms with Gasteiger partial charge >= 0.3 is 5.97 Å². The molecule has 3 aromatic rings. The standard InChI is InChI=1S/C25H25NO5/c27-23(21-12-6-8-18-7-4-5-11-20(18)21)26-15-13-25(30,14-16-26)22(24(28)29)17-31-19-9-2-1-3-10-19/h1-12,22,30H,13-17H2,(H,28,29). The summed E-state index contributed by atoms with van der Waals surface area (Å²) in [5.74, 6) is -1.73. The lowest BCUT2D eigenvalue weighted by Gasteiger charge is -2.41. The number of hydrogen-bond acceptors (Lipinski definition) is 4. The molecule has 0 saturated carbocycles. The zero-order valence-electron chi connectivity index (χ0n) is 17.1. The Hall–Kier alpha value is -3.38. The Morgan fingerprint density at radius 1 is 0.935 bits per heavy atom. The number of aliphatic carboxylic acids is 1. The summed E-state index contributed by atoms with van der Waals surface area (Å²) in [6.45, 7) is 0.439. The van der Waals surface area contributed by atoms with E-state index in [1.165, 1.54) is 0 Å². The highest BCUT2D eigenvalue weighted by Gasteiger charge is 2.45. The van der Waals surface area contributed by atoms with Crippen molar-refractivity contribution in [2.75, 3.05) is 19.7 Å². The summed E-state index contributed by atoms with van der Waals surface area (Å²) in [4.78, 5) is 26.7. The third kappa shape index (κ3) is 4.39. The van der Waals surface area contributed by atoms with Crippen molar-refractivity contribution >= 4 is 22.6 Å². The number of rotatable bonds is 6. The second-order valence-corrected chi connectivity index (χ2v) is 7.94. The molecule has 0 spiro atoms. The molecule has 1 heterocycles. The number of benzene rings is 3. The Labute approximate surface area is 180 Å². The van der Waals surface area contributed by atoms with E-state index >= 15 is 0 Å². The van der Waals surface area contributed by atoms with Crippen LogP contribution in [0.25, 0.3) is 10.8 Å². The summed E-state index contributed by atoms with van der Waals surface area (Å²) in [5.41, 5.74) is -0.818. The number of likely N-dealkylation sites (tertiary alicyclic amines) is 1. The van der Waals surface area contributed by atoms with E-state index in [9.17, 15) is 19.8 Å². The summed E-state index contributed by atoms with van der Waals surface area (Å²) < 4.78 is 5.62. The molecule has 1 fully saturated rings. The average Bonchev–Trinajstić information content (AvgIpc) is 2.79. The molecule has 1 aliphatic rings. The van der Waals surface area contributed by atoms with Crippen LogP contribution in [-0.2, 0) is 4.79 Å². The molecule has 1 unspecified atom stereocenters. The minimum Gasteiger partial charge on any atom is -0.493 e. The smallest absolute Gasteiger partial charge is 0.312 e. The molecule has 6 nitrogen and oxygen atoms in total. The van der Waals surface area contributed by atoms with Gasteiger partial charge in [-0.05, 0) is 41.8 Å². The van der Waals surface area contributed by atoms with Crippen molar-refractivity contribution < 1.29 is 24.5 Å². The summed E-state index contributed by atoms with van der Waals surface area (Å²) in [6.07, 6.45) is 0.358. The molecule has 160 valence electrons. The normalized spacial score (nSPS) is 16.6.